The van der Waals surface area contributed by atoms with E-state index in [0.717, 1.165) is 94.6 Å². The molecule has 6 aliphatic rings. The first kappa shape index (κ1) is 44.3. The molecule has 9 rings (SSSR count). The van der Waals surface area contributed by atoms with Crippen LogP contribution in [0.15, 0.2) is 93.7 Å². The molecule has 0 radical (unpaired) electrons. The van der Waals surface area contributed by atoms with Gasteiger partial charge in [-0.3, -0.25) is 9.69 Å². The minimum absolute atomic E-state index is 0.0804. The molecule has 4 aliphatic carbocycles. The predicted octanol–water partition coefficient (Wildman–Crippen LogP) is 8.92. The number of piperazine rings is 2. The number of hydrogen-bond donors (Lipinski definition) is 2. The van der Waals surface area contributed by atoms with E-state index in [9.17, 15) is 13.2 Å². The highest BCUT2D eigenvalue weighted by Gasteiger charge is 2.66. The number of rotatable bonds is 17. The molecule has 2 aliphatic heterocycles. The largest absolute Gasteiger partial charge is 0.381 e. The second-order valence-electron chi connectivity index (χ2n) is 20.2. The first-order chi connectivity index (χ1) is 29.2. The van der Waals surface area contributed by atoms with Crippen molar-refractivity contribution in [1.82, 2.24) is 19.4 Å². The Hall–Kier alpha value is -3.35. The van der Waals surface area contributed by atoms with E-state index in [1.807, 2.05) is 48.5 Å². The van der Waals surface area contributed by atoms with Crippen molar-refractivity contribution in [1.29, 1.82) is 0 Å². The van der Waals surface area contributed by atoms with Gasteiger partial charge in [0.15, 0.2) is 0 Å². The summed E-state index contributed by atoms with van der Waals surface area (Å²) < 4.78 is 29.4. The number of hydrogen-bond acceptors (Lipinski definition) is 9. The third kappa shape index (κ3) is 10.5. The average molecular weight is 867 g/mol. The van der Waals surface area contributed by atoms with Crippen LogP contribution < -0.4 is 14.9 Å². The van der Waals surface area contributed by atoms with Gasteiger partial charge in [-0.25, -0.2) is 13.1 Å². The highest BCUT2D eigenvalue weighted by atomic mass is 32.2. The fraction of sp³-hybridized carbons (Fsp3) is 0.580. The van der Waals surface area contributed by atoms with E-state index in [1.54, 1.807) is 29.8 Å². The van der Waals surface area contributed by atoms with Crippen LogP contribution in [0.1, 0.15) is 95.0 Å². The third-order valence-electron chi connectivity index (χ3n) is 14.5. The number of thioether (sulfide) groups is 1. The van der Waals surface area contributed by atoms with Gasteiger partial charge in [-0.05, 0) is 141 Å². The van der Waals surface area contributed by atoms with Crippen LogP contribution in [0.25, 0.3) is 0 Å². The Morgan fingerprint density at radius 1 is 0.820 bits per heavy atom. The molecule has 11 heteroatoms. The molecule has 9 nitrogen and oxygen atoms in total. The topological polar surface area (TPSA) is 88.2 Å². The number of carbonyl (C=O) groups is 1. The average Bonchev–Trinajstić information content (AvgIpc) is 3.22. The van der Waals surface area contributed by atoms with Gasteiger partial charge in [0, 0.05) is 99.1 Å². The van der Waals surface area contributed by atoms with E-state index in [4.69, 9.17) is 0 Å². The zero-order valence-corrected chi connectivity index (χ0v) is 39.1. The van der Waals surface area contributed by atoms with Crippen LogP contribution in [0.3, 0.4) is 0 Å². The first-order valence-electron chi connectivity index (χ1n) is 23.1. The standard InChI is InChI=1S/C50H70N6O3S2/c1-6-21-53-23-25-54(26-24-53)22-19-41(34-60-43-10-8-7-9-11-43)51-46-17-16-44(31-38(46)2)61(58,59)52-47(57)39-12-14-42(15-13-39)56-29-27-55(28-30-56)33-40-18-20-48(3,4)32-45(40)50-35-49(5,36-50)37-50/h7-17,31,41,51H,6,18-30,32-37H2,1-5H3,(H,52,57)/t41-,49?,50?/m1/s1. The maximum Gasteiger partial charge on any atom is 0.264 e. The van der Waals surface area contributed by atoms with Crippen molar-refractivity contribution < 1.29 is 13.2 Å². The van der Waals surface area contributed by atoms with Crippen LogP contribution in [0.5, 0.6) is 0 Å². The zero-order valence-electron chi connectivity index (χ0n) is 37.5. The Kier molecular flexibility index (Phi) is 13.4. The van der Waals surface area contributed by atoms with E-state index in [-0.39, 0.29) is 10.9 Å². The number of aryl methyl sites for hydroxylation is 1. The van der Waals surface area contributed by atoms with Gasteiger partial charge in [0.1, 0.15) is 0 Å². The number of amides is 1. The molecule has 2 heterocycles. The van der Waals surface area contributed by atoms with Crippen molar-refractivity contribution in [2.45, 2.75) is 102 Å². The summed E-state index contributed by atoms with van der Waals surface area (Å²) in [7, 11) is -4.08. The minimum Gasteiger partial charge on any atom is -0.381 e. The minimum atomic E-state index is -4.08. The molecule has 1 amide bonds. The van der Waals surface area contributed by atoms with Gasteiger partial charge in [-0.1, -0.05) is 57.0 Å². The fourth-order valence-corrected chi connectivity index (χ4v) is 13.2. The Labute approximate surface area is 371 Å². The van der Waals surface area contributed by atoms with Gasteiger partial charge < -0.3 is 20.0 Å². The number of anilines is 2. The third-order valence-corrected chi connectivity index (χ3v) is 17.0. The zero-order chi connectivity index (χ0) is 42.8. The van der Waals surface area contributed by atoms with Crippen molar-refractivity contribution in [2.75, 3.05) is 88.0 Å². The lowest BCUT2D eigenvalue weighted by molar-refractivity contribution is -0.167. The summed E-state index contributed by atoms with van der Waals surface area (Å²) in [6.07, 6.45) is 10.2. The second-order valence-corrected chi connectivity index (χ2v) is 23.0. The Balaban J connectivity index is 0.839. The maximum absolute atomic E-state index is 13.6. The number of allylic oxidation sites excluding steroid dienone is 1. The number of nitrogens with one attached hydrogen (secondary N) is 2. The van der Waals surface area contributed by atoms with Gasteiger partial charge in [0.05, 0.1) is 4.90 Å². The van der Waals surface area contributed by atoms with Crippen LogP contribution in [0, 0.1) is 23.2 Å². The van der Waals surface area contributed by atoms with Gasteiger partial charge in [-0.15, -0.1) is 11.8 Å². The van der Waals surface area contributed by atoms with E-state index in [1.165, 1.54) is 56.4 Å². The lowest BCUT2D eigenvalue weighted by Gasteiger charge is -2.72. The molecule has 0 spiro atoms. The highest BCUT2D eigenvalue weighted by Crippen LogP contribution is 2.77. The monoisotopic (exact) mass is 866 g/mol. The molecule has 330 valence electrons. The van der Waals surface area contributed by atoms with Gasteiger partial charge in [0.25, 0.3) is 15.9 Å². The summed E-state index contributed by atoms with van der Waals surface area (Å²) >= 11 is 1.84. The molecule has 61 heavy (non-hydrogen) atoms. The van der Waals surface area contributed by atoms with Crippen LogP contribution in [-0.2, 0) is 10.0 Å². The van der Waals surface area contributed by atoms with E-state index in [0.29, 0.717) is 21.8 Å². The number of nitrogens with zero attached hydrogens (tertiary/aromatic N) is 4. The van der Waals surface area contributed by atoms with Crippen LogP contribution in [0.2, 0.25) is 0 Å². The maximum atomic E-state index is 13.6. The molecule has 0 aromatic heterocycles. The summed E-state index contributed by atoms with van der Waals surface area (Å²) in [5.41, 5.74) is 8.25. The molecule has 3 saturated carbocycles. The molecule has 1 atom stereocenters. The molecule has 5 fully saturated rings. The van der Waals surface area contributed by atoms with E-state index < -0.39 is 15.9 Å². The highest BCUT2D eigenvalue weighted by molar-refractivity contribution is 7.99. The summed E-state index contributed by atoms with van der Waals surface area (Å²) in [5, 5.41) is 3.75. The normalized spacial score (nSPS) is 25.1. The SMILES string of the molecule is CCCN1CCN(CC[C@H](CSc2ccccc2)Nc2ccc(S(=O)(=O)NC(=O)c3ccc(N4CCN(CC5=C(C67CC(C)(C6)C7)CC(C)(C)CC5)CC4)cc3)cc2C)CC1. The molecule has 2 saturated heterocycles. The van der Waals surface area contributed by atoms with Gasteiger partial charge >= 0.3 is 0 Å². The number of benzene rings is 3. The molecule has 2 bridgehead atoms. The van der Waals surface area contributed by atoms with Gasteiger partial charge in [-0.2, -0.15) is 0 Å². The van der Waals surface area contributed by atoms with Crippen molar-refractivity contribution in [2.24, 2.45) is 16.2 Å². The van der Waals surface area contributed by atoms with Crippen molar-refractivity contribution in [3.05, 3.63) is 95.1 Å². The quantitative estimate of drug-likeness (QED) is 0.102. The Morgan fingerprint density at radius 3 is 2.11 bits per heavy atom. The van der Waals surface area contributed by atoms with Crippen LogP contribution in [0.4, 0.5) is 11.4 Å². The van der Waals surface area contributed by atoms with Crippen molar-refractivity contribution in [3.8, 4) is 0 Å². The first-order valence-corrected chi connectivity index (χ1v) is 25.5. The molecular weight excluding hydrogens is 797 g/mol. The molecule has 3 aromatic carbocycles. The molecule has 2 N–H and O–H groups in total. The second kappa shape index (κ2) is 18.4. The van der Waals surface area contributed by atoms with E-state index in [2.05, 4.69) is 81.6 Å². The number of carbonyl (C=O) groups excluding carboxylic acids is 1. The fourth-order valence-electron chi connectivity index (χ4n) is 11.2. The van der Waals surface area contributed by atoms with Crippen LogP contribution in [-0.4, -0.2) is 113 Å². The summed E-state index contributed by atoms with van der Waals surface area (Å²) in [6, 6.07) is 23.2. The van der Waals surface area contributed by atoms with Gasteiger partial charge in [0.2, 0.25) is 0 Å². The lowest BCUT2D eigenvalue weighted by Crippen LogP contribution is -2.61. The smallest absolute Gasteiger partial charge is 0.264 e. The summed E-state index contributed by atoms with van der Waals surface area (Å²) in [4.78, 5) is 24.8. The summed E-state index contributed by atoms with van der Waals surface area (Å²) in [6.45, 7) is 23.2. The van der Waals surface area contributed by atoms with Crippen molar-refractivity contribution in [3.63, 3.8) is 0 Å². The lowest BCUT2D eigenvalue weighted by atomic mass is 9.33. The molecule has 3 aromatic rings. The Morgan fingerprint density at radius 2 is 1.48 bits per heavy atom. The predicted molar refractivity (Wildman–Crippen MR) is 252 cm³/mol. The molecular formula is C50H70N6O3S2. The summed E-state index contributed by atoms with van der Waals surface area (Å²) in [5.74, 6) is 0.268. The Bertz CT molecular complexity index is 2120. The molecule has 0 unspecified atom stereocenters. The van der Waals surface area contributed by atoms with Crippen LogP contribution >= 0.6 is 11.8 Å². The number of sulfonamides is 1. The van der Waals surface area contributed by atoms with E-state index >= 15 is 0 Å². The van der Waals surface area contributed by atoms with Crippen molar-refractivity contribution >= 4 is 39.1 Å².